The van der Waals surface area contributed by atoms with Crippen LogP contribution in [0.5, 0.6) is 0 Å². The van der Waals surface area contributed by atoms with Crippen molar-refractivity contribution >= 4 is 29.4 Å². The van der Waals surface area contributed by atoms with E-state index in [0.717, 1.165) is 0 Å². The highest BCUT2D eigenvalue weighted by molar-refractivity contribution is 5.94. The molecule has 0 aromatic heterocycles. The Morgan fingerprint density at radius 2 is 1.66 bits per heavy atom. The third-order valence-electron chi connectivity index (χ3n) is 12.5. The van der Waals surface area contributed by atoms with Crippen LogP contribution < -0.4 is 5.32 Å². The molecule has 0 aromatic rings. The van der Waals surface area contributed by atoms with Crippen molar-refractivity contribution in [2.45, 2.75) is 128 Å². The number of unbranched alkanes of at least 4 members (excludes halogenated alkanes) is 3. The van der Waals surface area contributed by atoms with E-state index in [9.17, 15) is 49.3 Å². The van der Waals surface area contributed by atoms with Crippen LogP contribution in [-0.2, 0) is 52.6 Å². The molecule has 19 nitrogen and oxygen atoms in total. The number of amides is 1. The van der Waals surface area contributed by atoms with Gasteiger partial charge in [-0.05, 0) is 75.9 Å². The summed E-state index contributed by atoms with van der Waals surface area (Å²) in [5.41, 5.74) is -3.38. The number of ether oxygens (including phenoxy) is 4. The Morgan fingerprint density at radius 1 is 1.00 bits per heavy atom. The first-order chi connectivity index (χ1) is 27.2. The van der Waals surface area contributed by atoms with Crippen molar-refractivity contribution < 1.29 is 72.3 Å². The number of fused-ring (bicyclic) bond motifs is 7. The molecule has 4 aliphatic carbocycles. The number of Topliss-reactive ketones (excluding diaryl/α,β-unsaturated/α-hetero) is 1. The molecule has 1 heterocycles. The van der Waals surface area contributed by atoms with Crippen LogP contribution in [0.2, 0.25) is 0 Å². The van der Waals surface area contributed by atoms with Crippen molar-refractivity contribution in [2.75, 3.05) is 26.4 Å². The molecule has 2 N–H and O–H groups in total. The monoisotopic (exact) mass is 825 g/mol. The minimum absolute atomic E-state index is 0.0325. The zero-order chi connectivity index (χ0) is 42.6. The van der Waals surface area contributed by atoms with Gasteiger partial charge in [0.2, 0.25) is 11.7 Å². The molecule has 1 amide bonds. The van der Waals surface area contributed by atoms with Gasteiger partial charge in [0.1, 0.15) is 11.9 Å². The Hall–Kier alpha value is -4.56. The molecule has 5 rings (SSSR count). The van der Waals surface area contributed by atoms with Crippen molar-refractivity contribution in [3.63, 3.8) is 0 Å². The van der Waals surface area contributed by atoms with E-state index >= 15 is 4.39 Å². The Labute approximate surface area is 333 Å². The summed E-state index contributed by atoms with van der Waals surface area (Å²) in [4.78, 5) is 95.1. The van der Waals surface area contributed by atoms with Crippen LogP contribution in [0.15, 0.2) is 23.6 Å². The van der Waals surface area contributed by atoms with Crippen LogP contribution >= 0.6 is 0 Å². The number of ketones is 2. The number of rotatable bonds is 20. The number of carbonyl (C=O) groups excluding carboxylic acids is 5. The van der Waals surface area contributed by atoms with Gasteiger partial charge in [-0.25, -0.2) is 9.18 Å². The van der Waals surface area contributed by atoms with Crippen LogP contribution in [-0.4, -0.2) is 101 Å². The highest BCUT2D eigenvalue weighted by Crippen LogP contribution is 2.70. The summed E-state index contributed by atoms with van der Waals surface area (Å²) in [6.45, 7) is 5.49. The number of allylic oxidation sites excluding steroid dienone is 4. The lowest BCUT2D eigenvalue weighted by Gasteiger charge is -2.59. The average molecular weight is 826 g/mol. The Bertz CT molecular complexity index is 1720. The van der Waals surface area contributed by atoms with Crippen molar-refractivity contribution in [3.05, 3.63) is 43.8 Å². The van der Waals surface area contributed by atoms with Crippen molar-refractivity contribution in [1.29, 1.82) is 0 Å². The fraction of sp³-hybridized carbons (Fsp3) is 0.763. The van der Waals surface area contributed by atoms with Gasteiger partial charge in [0.15, 0.2) is 23.8 Å². The first-order valence-corrected chi connectivity index (χ1v) is 19.6. The minimum atomic E-state index is -1.72. The van der Waals surface area contributed by atoms with Gasteiger partial charge in [-0.15, -0.1) is 20.2 Å². The van der Waals surface area contributed by atoms with Crippen LogP contribution in [0.4, 0.5) is 4.39 Å². The molecule has 20 heteroatoms. The molecular formula is C38H52FN3O16. The van der Waals surface area contributed by atoms with Gasteiger partial charge in [0.05, 0.1) is 38.4 Å². The fourth-order valence-corrected chi connectivity index (χ4v) is 10.2. The maximum Gasteiger partial charge on any atom is 0.329 e. The lowest BCUT2D eigenvalue weighted by atomic mass is 9.46. The van der Waals surface area contributed by atoms with E-state index in [1.54, 1.807) is 19.9 Å². The third kappa shape index (κ3) is 9.17. The number of hydrogen-bond donors (Lipinski definition) is 2. The molecule has 322 valence electrons. The molecule has 1 unspecified atom stereocenters. The predicted octanol–water partition coefficient (Wildman–Crippen LogP) is 3.35. The summed E-state index contributed by atoms with van der Waals surface area (Å²) in [7, 11) is 0. The number of esters is 2. The summed E-state index contributed by atoms with van der Waals surface area (Å²) in [6, 6.07) is -1.54. The van der Waals surface area contributed by atoms with E-state index in [1.807, 2.05) is 13.8 Å². The number of hydrogen-bond acceptors (Lipinski definition) is 16. The number of halogens is 1. The number of aliphatic hydroxyl groups is 1. The zero-order valence-corrected chi connectivity index (χ0v) is 33.1. The van der Waals surface area contributed by atoms with Crippen molar-refractivity contribution in [3.8, 4) is 0 Å². The largest absolute Gasteiger partial charge is 0.464 e. The summed E-state index contributed by atoms with van der Waals surface area (Å²) >= 11 is 0. The Balaban J connectivity index is 1.27. The average Bonchev–Trinajstić information content (AvgIpc) is 3.55. The van der Waals surface area contributed by atoms with Gasteiger partial charge < -0.3 is 39.0 Å². The van der Waals surface area contributed by atoms with Gasteiger partial charge in [-0.3, -0.25) is 19.2 Å². The van der Waals surface area contributed by atoms with Crippen LogP contribution in [0, 0.1) is 48.8 Å². The molecule has 0 bridgehead atoms. The van der Waals surface area contributed by atoms with E-state index in [1.165, 1.54) is 6.08 Å². The predicted molar refractivity (Wildman–Crippen MR) is 193 cm³/mol. The summed E-state index contributed by atoms with van der Waals surface area (Å²) < 4.78 is 39.4. The number of aliphatic hydroxyl groups excluding tert-OH is 1. The highest BCUT2D eigenvalue weighted by atomic mass is 19.1. The summed E-state index contributed by atoms with van der Waals surface area (Å²) in [6.07, 6.45) is 1.97. The second kappa shape index (κ2) is 17.7. The number of nitrogens with zero attached hydrogens (tertiary/aromatic N) is 2. The quantitative estimate of drug-likeness (QED) is 0.0772. The van der Waals surface area contributed by atoms with Crippen LogP contribution in [0.25, 0.3) is 0 Å². The normalized spacial score (nSPS) is 32.2. The highest BCUT2D eigenvalue weighted by Gasteiger charge is 2.77. The summed E-state index contributed by atoms with van der Waals surface area (Å²) in [5, 5.41) is 33.1. The standard InChI is InChI=1S/C38H52FN3O16/c1-35(2)57-30-18-24-23-17-26(39)25-16-22(43)11-12-36(25,3)33(23)28(44)20-37(24,4)38(30,58-35)29(45)21-54-32(47)19-27(34(48)53-13-8-9-15-56-42(51)52)40-31(46)10-6-5-7-14-55-41(49)50/h11-12,23-24,27-28,30,33,44H,5-10,13-21H2,1-4H3,(H,40,46)/t23-,24-,27?,28-,30+,33+,36-,37-,38+/m0/s1. The molecule has 0 radical (unpaired) electrons. The minimum Gasteiger partial charge on any atom is -0.464 e. The van der Waals surface area contributed by atoms with Gasteiger partial charge in [0, 0.05) is 36.0 Å². The first-order valence-electron chi connectivity index (χ1n) is 19.6. The number of nitrogens with one attached hydrogen (secondary N) is 1. The maximum absolute atomic E-state index is 15.9. The first kappa shape index (κ1) is 44.5. The van der Waals surface area contributed by atoms with Crippen molar-refractivity contribution in [1.82, 2.24) is 5.32 Å². The second-order valence-electron chi connectivity index (χ2n) is 16.6. The van der Waals surface area contributed by atoms with Crippen molar-refractivity contribution in [2.24, 2.45) is 28.6 Å². The molecule has 1 aliphatic heterocycles. The van der Waals surface area contributed by atoms with Gasteiger partial charge in [-0.1, -0.05) is 26.3 Å². The van der Waals surface area contributed by atoms with E-state index in [0.29, 0.717) is 18.4 Å². The van der Waals surface area contributed by atoms with E-state index in [4.69, 9.17) is 18.9 Å². The molecule has 0 aromatic carbocycles. The van der Waals surface area contributed by atoms with E-state index < -0.39 is 105 Å². The lowest BCUT2D eigenvalue weighted by molar-refractivity contribution is -0.757. The molecule has 9 atom stereocenters. The van der Waals surface area contributed by atoms with E-state index in [-0.39, 0.29) is 82.9 Å². The number of carbonyl (C=O) groups is 5. The fourth-order valence-electron chi connectivity index (χ4n) is 10.2. The third-order valence-corrected chi connectivity index (χ3v) is 12.5. The Morgan fingerprint density at radius 3 is 2.33 bits per heavy atom. The molecule has 2 saturated carbocycles. The van der Waals surface area contributed by atoms with Gasteiger partial charge >= 0.3 is 11.9 Å². The molecule has 5 aliphatic rings. The van der Waals surface area contributed by atoms with Gasteiger partial charge in [0.25, 0.3) is 10.2 Å². The molecular weight excluding hydrogens is 773 g/mol. The SMILES string of the molecule is CC1(C)O[C@@H]2C[C@H]3[C@@H]4CC(F)=C5CC(=O)C=C[C@]5(C)[C@H]4[C@@H](O)C[C@]3(C)[C@]2(C(=O)COC(=O)CC(NC(=O)CCCCCO[N+](=O)[O-])C(=O)OCCCCO[N+](=O)[O-])O1. The smallest absolute Gasteiger partial charge is 0.329 e. The molecule has 0 spiro atoms. The Kier molecular flexibility index (Phi) is 13.6. The van der Waals surface area contributed by atoms with E-state index in [2.05, 4.69) is 15.0 Å². The van der Waals surface area contributed by atoms with Crippen LogP contribution in [0.3, 0.4) is 0 Å². The van der Waals surface area contributed by atoms with Crippen LogP contribution in [0.1, 0.15) is 98.3 Å². The molecule has 3 fully saturated rings. The second-order valence-corrected chi connectivity index (χ2v) is 16.6. The lowest BCUT2D eigenvalue weighted by Crippen LogP contribution is -2.64. The zero-order valence-electron chi connectivity index (χ0n) is 33.1. The van der Waals surface area contributed by atoms with Gasteiger partial charge in [-0.2, -0.15) is 0 Å². The topological polar surface area (TPSA) is 259 Å². The maximum atomic E-state index is 15.9. The molecule has 1 saturated heterocycles. The molecule has 58 heavy (non-hydrogen) atoms. The summed E-state index contributed by atoms with van der Waals surface area (Å²) in [5.74, 6) is -6.48.